The predicted molar refractivity (Wildman–Crippen MR) is 103 cm³/mol. The number of allylic oxidation sites excluding steroid dienone is 1. The Morgan fingerprint density at radius 2 is 1.78 bits per heavy atom. The summed E-state index contributed by atoms with van der Waals surface area (Å²) in [5, 5.41) is 2.81. The van der Waals surface area contributed by atoms with Crippen LogP contribution in [0.1, 0.15) is 25.8 Å². The number of anilines is 2. The Bertz CT molecular complexity index is 891. The number of benzene rings is 2. The molecule has 0 bridgehead atoms. The molecule has 0 aromatic heterocycles. The fraction of sp³-hybridized carbons (Fsp3) is 0.250. The summed E-state index contributed by atoms with van der Waals surface area (Å²) in [4.78, 5) is 14.3. The maximum atomic E-state index is 13.4. The average molecular weight is 439 g/mol. The van der Waals surface area contributed by atoms with E-state index in [-0.39, 0.29) is 17.6 Å². The summed E-state index contributed by atoms with van der Waals surface area (Å²) < 4.78 is 41.1. The SMILES string of the molecule is CC1=C(C(=O)Nc2ccc(Br)cc2)CC(C)N1c1ccccc1C(F)(F)F. The molecule has 27 heavy (non-hydrogen) atoms. The van der Waals surface area contributed by atoms with E-state index in [0.29, 0.717) is 23.4 Å². The Hall–Kier alpha value is -2.28. The third-order valence-electron chi connectivity index (χ3n) is 4.58. The van der Waals surface area contributed by atoms with Gasteiger partial charge in [-0.2, -0.15) is 13.2 Å². The van der Waals surface area contributed by atoms with E-state index in [1.807, 2.05) is 6.92 Å². The van der Waals surface area contributed by atoms with Crippen LogP contribution in [0.4, 0.5) is 24.5 Å². The maximum Gasteiger partial charge on any atom is 0.418 e. The maximum absolute atomic E-state index is 13.4. The van der Waals surface area contributed by atoms with Crippen molar-refractivity contribution in [2.24, 2.45) is 0 Å². The van der Waals surface area contributed by atoms with Gasteiger partial charge in [0.25, 0.3) is 5.91 Å². The zero-order valence-corrected chi connectivity index (χ0v) is 16.4. The highest BCUT2D eigenvalue weighted by Crippen LogP contribution is 2.42. The minimum atomic E-state index is -4.46. The molecule has 3 nitrogen and oxygen atoms in total. The number of hydrogen-bond donors (Lipinski definition) is 1. The fourth-order valence-corrected chi connectivity index (χ4v) is 3.61. The summed E-state index contributed by atoms with van der Waals surface area (Å²) in [5.74, 6) is -0.298. The van der Waals surface area contributed by atoms with Crippen molar-refractivity contribution in [1.82, 2.24) is 0 Å². The van der Waals surface area contributed by atoms with Crippen molar-refractivity contribution in [2.45, 2.75) is 32.5 Å². The average Bonchev–Trinajstić information content (AvgIpc) is 2.90. The van der Waals surface area contributed by atoms with Gasteiger partial charge in [0.05, 0.1) is 11.3 Å². The van der Waals surface area contributed by atoms with Crippen LogP contribution < -0.4 is 10.2 Å². The molecule has 0 saturated carbocycles. The number of para-hydroxylation sites is 1. The largest absolute Gasteiger partial charge is 0.418 e. The second kappa shape index (κ2) is 7.38. The van der Waals surface area contributed by atoms with Crippen molar-refractivity contribution in [3.05, 3.63) is 69.8 Å². The summed E-state index contributed by atoms with van der Waals surface area (Å²) in [6, 6.07) is 12.3. The van der Waals surface area contributed by atoms with Crippen molar-refractivity contribution in [2.75, 3.05) is 10.2 Å². The predicted octanol–water partition coefficient (Wildman–Crippen LogP) is 5.98. The fourth-order valence-electron chi connectivity index (χ4n) is 3.35. The van der Waals surface area contributed by atoms with Gasteiger partial charge in [0.15, 0.2) is 0 Å². The van der Waals surface area contributed by atoms with Crippen LogP contribution in [0.15, 0.2) is 64.3 Å². The Morgan fingerprint density at radius 1 is 1.15 bits per heavy atom. The number of hydrogen-bond acceptors (Lipinski definition) is 2. The highest BCUT2D eigenvalue weighted by atomic mass is 79.9. The van der Waals surface area contributed by atoms with Gasteiger partial charge >= 0.3 is 6.18 Å². The van der Waals surface area contributed by atoms with Gasteiger partial charge < -0.3 is 10.2 Å². The highest BCUT2D eigenvalue weighted by molar-refractivity contribution is 9.10. The van der Waals surface area contributed by atoms with Crippen LogP contribution >= 0.6 is 15.9 Å². The second-order valence-electron chi connectivity index (χ2n) is 6.46. The lowest BCUT2D eigenvalue weighted by atomic mass is 10.1. The summed E-state index contributed by atoms with van der Waals surface area (Å²) >= 11 is 3.33. The van der Waals surface area contributed by atoms with Crippen LogP contribution in [0.3, 0.4) is 0 Å². The molecular formula is C20H18BrF3N2O. The van der Waals surface area contributed by atoms with Crippen LogP contribution in [-0.4, -0.2) is 11.9 Å². The lowest BCUT2D eigenvalue weighted by molar-refractivity contribution is -0.137. The molecule has 1 aliphatic heterocycles. The van der Waals surface area contributed by atoms with Gasteiger partial charge in [0.1, 0.15) is 0 Å². The van der Waals surface area contributed by atoms with Gasteiger partial charge in [-0.25, -0.2) is 0 Å². The molecule has 1 unspecified atom stereocenters. The van der Waals surface area contributed by atoms with Gasteiger partial charge in [0, 0.05) is 33.9 Å². The summed E-state index contributed by atoms with van der Waals surface area (Å²) in [7, 11) is 0. The van der Waals surface area contributed by atoms with E-state index in [2.05, 4.69) is 21.2 Å². The molecule has 7 heteroatoms. The summed E-state index contributed by atoms with van der Waals surface area (Å²) in [5.41, 5.74) is 1.02. The zero-order valence-electron chi connectivity index (χ0n) is 14.8. The summed E-state index contributed by atoms with van der Waals surface area (Å²) in [6.45, 7) is 3.50. The molecule has 1 aliphatic rings. The van der Waals surface area contributed by atoms with E-state index >= 15 is 0 Å². The summed E-state index contributed by atoms with van der Waals surface area (Å²) in [6.07, 6.45) is -4.08. The molecule has 0 radical (unpaired) electrons. The van der Waals surface area contributed by atoms with E-state index in [0.717, 1.165) is 10.5 Å². The van der Waals surface area contributed by atoms with Crippen molar-refractivity contribution < 1.29 is 18.0 Å². The van der Waals surface area contributed by atoms with Crippen LogP contribution in [0.2, 0.25) is 0 Å². The van der Waals surface area contributed by atoms with Crippen molar-refractivity contribution >= 4 is 33.2 Å². The minimum absolute atomic E-state index is 0.0708. The van der Waals surface area contributed by atoms with Crippen LogP contribution in [0.25, 0.3) is 0 Å². The third-order valence-corrected chi connectivity index (χ3v) is 5.11. The van der Waals surface area contributed by atoms with Gasteiger partial charge in [0.2, 0.25) is 0 Å². The Balaban J connectivity index is 1.92. The number of nitrogens with one attached hydrogen (secondary N) is 1. The molecule has 0 spiro atoms. The lowest BCUT2D eigenvalue weighted by Crippen LogP contribution is -2.28. The Labute approximate surface area is 164 Å². The molecule has 142 valence electrons. The molecule has 2 aromatic carbocycles. The van der Waals surface area contributed by atoms with E-state index in [1.54, 1.807) is 42.2 Å². The number of halogens is 4. The topological polar surface area (TPSA) is 32.3 Å². The van der Waals surface area contributed by atoms with Gasteiger partial charge in [-0.3, -0.25) is 4.79 Å². The Kier molecular flexibility index (Phi) is 5.33. The number of nitrogens with zero attached hydrogens (tertiary/aromatic N) is 1. The number of rotatable bonds is 3. The zero-order chi connectivity index (χ0) is 19.8. The second-order valence-corrected chi connectivity index (χ2v) is 7.38. The van der Waals surface area contributed by atoms with E-state index in [4.69, 9.17) is 0 Å². The quantitative estimate of drug-likeness (QED) is 0.639. The Morgan fingerprint density at radius 3 is 2.41 bits per heavy atom. The molecular weight excluding hydrogens is 421 g/mol. The number of carbonyl (C=O) groups excluding carboxylic acids is 1. The number of amides is 1. The molecule has 3 rings (SSSR count). The van der Waals surface area contributed by atoms with Gasteiger partial charge in [-0.05, 0) is 50.2 Å². The van der Waals surface area contributed by atoms with Crippen molar-refractivity contribution in [1.29, 1.82) is 0 Å². The molecule has 2 aromatic rings. The first-order chi connectivity index (χ1) is 12.7. The highest BCUT2D eigenvalue weighted by Gasteiger charge is 2.38. The van der Waals surface area contributed by atoms with E-state index < -0.39 is 11.7 Å². The first kappa shape index (κ1) is 19.5. The van der Waals surface area contributed by atoms with E-state index in [9.17, 15) is 18.0 Å². The monoisotopic (exact) mass is 438 g/mol. The van der Waals surface area contributed by atoms with Crippen LogP contribution in [0, 0.1) is 0 Å². The minimum Gasteiger partial charge on any atom is -0.341 e. The number of alkyl halides is 3. The lowest BCUT2D eigenvalue weighted by Gasteiger charge is -2.28. The third kappa shape index (κ3) is 4.03. The van der Waals surface area contributed by atoms with Gasteiger partial charge in [-0.15, -0.1) is 0 Å². The molecule has 0 saturated heterocycles. The number of carbonyl (C=O) groups is 1. The molecule has 1 atom stereocenters. The smallest absolute Gasteiger partial charge is 0.341 e. The first-order valence-electron chi connectivity index (χ1n) is 8.40. The van der Waals surface area contributed by atoms with Crippen LogP contribution in [-0.2, 0) is 11.0 Å². The van der Waals surface area contributed by atoms with Crippen molar-refractivity contribution in [3.8, 4) is 0 Å². The van der Waals surface area contributed by atoms with Crippen molar-refractivity contribution in [3.63, 3.8) is 0 Å². The molecule has 0 fully saturated rings. The normalized spacial score (nSPS) is 17.4. The van der Waals surface area contributed by atoms with Gasteiger partial charge in [-0.1, -0.05) is 28.1 Å². The molecule has 0 aliphatic carbocycles. The molecule has 1 N–H and O–H groups in total. The first-order valence-corrected chi connectivity index (χ1v) is 9.20. The van der Waals surface area contributed by atoms with Crippen LogP contribution in [0.5, 0.6) is 0 Å². The molecule has 1 heterocycles. The molecule has 1 amide bonds. The van der Waals surface area contributed by atoms with E-state index in [1.165, 1.54) is 12.1 Å². The standard InChI is InChI=1S/C20H18BrF3N2O/c1-12-11-16(19(27)25-15-9-7-14(21)8-10-15)13(2)26(12)18-6-4-3-5-17(18)20(22,23)24/h3-10,12H,11H2,1-2H3,(H,25,27).